The minimum atomic E-state index is -2.71. The molecule has 5 rings (SSSR count). The number of nitrogens with two attached hydrogens (primary N) is 1. The number of aliphatic hydroxyl groups excluding tert-OH is 2. The zero-order chi connectivity index (χ0) is 35.5. The first kappa shape index (κ1) is 34.5. The van der Waals surface area contributed by atoms with Crippen molar-refractivity contribution in [2.75, 3.05) is 20.7 Å². The maximum absolute atomic E-state index is 14.1. The van der Waals surface area contributed by atoms with Gasteiger partial charge in [0, 0.05) is 29.1 Å². The second-order valence-electron chi connectivity index (χ2n) is 13.8. The molecule has 0 radical (unpaired) electrons. The Kier molecular flexibility index (Phi) is 8.82. The Morgan fingerprint density at radius 3 is 2.40 bits per heavy atom. The van der Waals surface area contributed by atoms with Gasteiger partial charge in [-0.25, -0.2) is 4.79 Å². The summed E-state index contributed by atoms with van der Waals surface area (Å²) in [6, 6.07) is 6.95. The van der Waals surface area contributed by atoms with Crippen molar-refractivity contribution >= 4 is 29.3 Å². The number of hydrogen-bond acceptors (Lipinski definition) is 10. The molecule has 0 saturated heterocycles. The lowest BCUT2D eigenvalue weighted by molar-refractivity contribution is -0.153. The van der Waals surface area contributed by atoms with Gasteiger partial charge in [0.05, 0.1) is 18.2 Å². The Morgan fingerprint density at radius 1 is 1.10 bits per heavy atom. The first-order valence-electron chi connectivity index (χ1n) is 15.7. The number of primary amides is 1. The van der Waals surface area contributed by atoms with Gasteiger partial charge >= 0.3 is 6.03 Å². The third kappa shape index (κ3) is 5.66. The predicted molar refractivity (Wildman–Crippen MR) is 176 cm³/mol. The van der Waals surface area contributed by atoms with Crippen molar-refractivity contribution in [3.63, 3.8) is 0 Å². The fourth-order valence-corrected chi connectivity index (χ4v) is 7.26. The van der Waals surface area contributed by atoms with E-state index in [4.69, 9.17) is 10.5 Å². The van der Waals surface area contributed by atoms with E-state index in [-0.39, 0.29) is 42.3 Å². The molecule has 4 atom stereocenters. The number of ketones is 2. The van der Waals surface area contributed by atoms with Crippen molar-refractivity contribution in [2.45, 2.75) is 64.3 Å². The molecule has 0 aromatic heterocycles. The van der Waals surface area contributed by atoms with Gasteiger partial charge in [-0.1, -0.05) is 12.1 Å². The molecule has 0 heterocycles. The highest BCUT2D eigenvalue weighted by Crippen LogP contribution is 2.53. The molecular formula is C35H42N4O9. The summed E-state index contributed by atoms with van der Waals surface area (Å²) in [4.78, 5) is 53.7. The van der Waals surface area contributed by atoms with E-state index in [2.05, 4.69) is 10.6 Å². The number of aliphatic hydroxyl groups is 3. The van der Waals surface area contributed by atoms with E-state index >= 15 is 0 Å². The number of benzene rings is 2. The second-order valence-corrected chi connectivity index (χ2v) is 13.8. The van der Waals surface area contributed by atoms with Crippen molar-refractivity contribution in [2.24, 2.45) is 17.6 Å². The molecule has 1 fully saturated rings. The number of amides is 3. The molecule has 13 nitrogen and oxygen atoms in total. The molecule has 8 N–H and O–H groups in total. The number of aromatic hydroxyl groups is 1. The molecule has 13 heteroatoms. The molecule has 3 amide bonds. The van der Waals surface area contributed by atoms with E-state index in [0.29, 0.717) is 34.6 Å². The molecule has 1 saturated carbocycles. The Bertz CT molecular complexity index is 1790. The van der Waals surface area contributed by atoms with E-state index in [9.17, 15) is 39.6 Å². The summed E-state index contributed by atoms with van der Waals surface area (Å²) in [5, 5.41) is 51.2. The van der Waals surface area contributed by atoms with Crippen molar-refractivity contribution in [1.29, 1.82) is 0 Å². The minimum Gasteiger partial charge on any atom is -0.508 e. The fraction of sp³-hybridized carbons (Fsp3) is 0.429. The number of urea groups is 1. The van der Waals surface area contributed by atoms with E-state index in [1.165, 1.54) is 11.0 Å². The summed E-state index contributed by atoms with van der Waals surface area (Å²) in [5.41, 5.74) is 3.66. The molecule has 48 heavy (non-hydrogen) atoms. The van der Waals surface area contributed by atoms with Crippen LogP contribution in [0.5, 0.6) is 11.5 Å². The number of nitrogens with zero attached hydrogens (tertiary/aromatic N) is 1. The summed E-state index contributed by atoms with van der Waals surface area (Å²) >= 11 is 0. The summed E-state index contributed by atoms with van der Waals surface area (Å²) in [6.07, 6.45) is 0.106. The fourth-order valence-electron chi connectivity index (χ4n) is 7.26. The normalized spacial score (nSPS) is 23.8. The van der Waals surface area contributed by atoms with Gasteiger partial charge in [0.25, 0.3) is 5.91 Å². The Balaban J connectivity index is 1.62. The van der Waals surface area contributed by atoms with Crippen LogP contribution in [0.1, 0.15) is 50.8 Å². The lowest BCUT2D eigenvalue weighted by atomic mass is 9.57. The molecule has 0 bridgehead atoms. The number of likely N-dealkylation sites (N-methyl/N-ethyl adjacent to an activating group) is 1. The van der Waals surface area contributed by atoms with Gasteiger partial charge in [0.2, 0.25) is 5.78 Å². The maximum Gasteiger partial charge on any atom is 0.315 e. The molecule has 0 aliphatic heterocycles. The molecule has 2 aromatic rings. The van der Waals surface area contributed by atoms with Crippen LogP contribution in [-0.4, -0.2) is 86.7 Å². The Hall–Kier alpha value is -4.88. The van der Waals surface area contributed by atoms with Gasteiger partial charge in [-0.2, -0.15) is 0 Å². The number of nitrogens with one attached hydrogen (secondary N) is 2. The topological polar surface area (TPSA) is 212 Å². The van der Waals surface area contributed by atoms with Crippen LogP contribution in [0, 0.1) is 11.8 Å². The number of Topliss-reactive ketones (excluding diaryl/α,β-unsaturated/α-hetero) is 2. The number of hydrogen-bond donors (Lipinski definition) is 7. The van der Waals surface area contributed by atoms with Crippen LogP contribution in [0.15, 0.2) is 47.2 Å². The van der Waals surface area contributed by atoms with Crippen LogP contribution in [0.25, 0.3) is 16.9 Å². The minimum absolute atomic E-state index is 0.0121. The van der Waals surface area contributed by atoms with Crippen LogP contribution >= 0.6 is 0 Å². The number of phenols is 1. The number of fused-ring (bicyclic) bond motifs is 3. The quantitative estimate of drug-likeness (QED) is 0.215. The standard InChI is InChI=1S/C35H42N4O9/c1-7-48-23-11-8-16(12-18(23)15-37-33(46)38-34(2,3)4)19-9-10-22(40)25-20(19)13-17-14-21-27(39(5)6)29(42)26(32(36)45)31(44)35(21,47)30(43)24(17)28(25)41/h8-12,17,21,27,40-41,44,47H,7,13-15H2,1-6H3,(H2,36,45)(H2,37,38,46). The van der Waals surface area contributed by atoms with E-state index in [1.807, 2.05) is 39.8 Å². The zero-order valence-corrected chi connectivity index (χ0v) is 27.8. The Morgan fingerprint density at radius 2 is 1.79 bits per heavy atom. The summed E-state index contributed by atoms with van der Waals surface area (Å²) in [6.45, 7) is 7.98. The lowest BCUT2D eigenvalue weighted by Gasteiger charge is -2.50. The van der Waals surface area contributed by atoms with Crippen LogP contribution in [-0.2, 0) is 27.3 Å². The van der Waals surface area contributed by atoms with Crippen molar-refractivity contribution < 1.29 is 44.3 Å². The van der Waals surface area contributed by atoms with Crippen LogP contribution in [0.2, 0.25) is 0 Å². The smallest absolute Gasteiger partial charge is 0.315 e. The van der Waals surface area contributed by atoms with Crippen molar-refractivity contribution in [3.05, 3.63) is 63.9 Å². The summed E-state index contributed by atoms with van der Waals surface area (Å²) in [5.74, 6) is -6.54. The van der Waals surface area contributed by atoms with Crippen molar-refractivity contribution in [3.8, 4) is 22.6 Å². The van der Waals surface area contributed by atoms with Gasteiger partial charge in [0.1, 0.15) is 28.6 Å². The van der Waals surface area contributed by atoms with E-state index in [0.717, 1.165) is 0 Å². The highest BCUT2D eigenvalue weighted by Gasteiger charge is 2.64. The highest BCUT2D eigenvalue weighted by molar-refractivity contribution is 6.24. The number of ether oxygens (including phenoxy) is 1. The van der Waals surface area contributed by atoms with E-state index in [1.54, 1.807) is 26.2 Å². The summed E-state index contributed by atoms with van der Waals surface area (Å²) in [7, 11) is 3.10. The average molecular weight is 663 g/mol. The molecular weight excluding hydrogens is 620 g/mol. The largest absolute Gasteiger partial charge is 0.508 e. The predicted octanol–water partition coefficient (Wildman–Crippen LogP) is 2.63. The first-order chi connectivity index (χ1) is 22.4. The van der Waals surface area contributed by atoms with Crippen molar-refractivity contribution in [1.82, 2.24) is 15.5 Å². The van der Waals surface area contributed by atoms with Gasteiger partial charge in [-0.05, 0) is 95.4 Å². The third-order valence-corrected chi connectivity index (χ3v) is 9.20. The number of phenolic OH excluding ortho intramolecular Hbond substituents is 1. The third-order valence-electron chi connectivity index (χ3n) is 9.20. The number of carbonyl (C=O) groups is 4. The average Bonchev–Trinajstić information content (AvgIpc) is 2.97. The lowest BCUT2D eigenvalue weighted by Crippen LogP contribution is -2.65. The van der Waals surface area contributed by atoms with Gasteiger partial charge in [-0.15, -0.1) is 0 Å². The zero-order valence-electron chi connectivity index (χ0n) is 27.8. The Labute approximate surface area is 278 Å². The molecule has 256 valence electrons. The van der Waals surface area contributed by atoms with Crippen LogP contribution < -0.4 is 21.1 Å². The number of carbonyl (C=O) groups excluding carboxylic acids is 4. The maximum atomic E-state index is 14.1. The molecule has 3 aliphatic carbocycles. The van der Waals surface area contributed by atoms with Crippen LogP contribution in [0.4, 0.5) is 4.79 Å². The van der Waals surface area contributed by atoms with Gasteiger partial charge in [-0.3, -0.25) is 19.3 Å². The molecule has 2 aromatic carbocycles. The molecule has 3 aliphatic rings. The second kappa shape index (κ2) is 12.3. The molecule has 4 unspecified atom stereocenters. The summed E-state index contributed by atoms with van der Waals surface area (Å²) < 4.78 is 5.82. The van der Waals surface area contributed by atoms with Gasteiger partial charge in [0.15, 0.2) is 11.4 Å². The highest BCUT2D eigenvalue weighted by atomic mass is 16.5. The molecule has 0 spiro atoms. The SMILES string of the molecule is CCOc1ccc(-c2ccc(O)c3c2CC2CC4C(N(C)C)C(=O)C(C(N)=O)=C(O)C4(O)C(=O)C2=C3O)cc1CNC(=O)NC(C)(C)C. The van der Waals surface area contributed by atoms with Crippen LogP contribution in [0.3, 0.4) is 0 Å². The first-order valence-corrected chi connectivity index (χ1v) is 15.7. The van der Waals surface area contributed by atoms with E-state index < -0.39 is 63.6 Å². The van der Waals surface area contributed by atoms with Gasteiger partial charge < -0.3 is 41.5 Å². The number of rotatable bonds is 7. The monoisotopic (exact) mass is 662 g/mol.